The van der Waals surface area contributed by atoms with Crippen molar-refractivity contribution in [3.8, 4) is 5.75 Å². The second kappa shape index (κ2) is 10.5. The number of rotatable bonds is 9. The Hall–Kier alpha value is -2.17. The molecule has 4 nitrogen and oxygen atoms in total. The van der Waals surface area contributed by atoms with Crippen LogP contribution in [0.15, 0.2) is 59.2 Å². The molecule has 0 aromatic heterocycles. The first-order valence-electron chi connectivity index (χ1n) is 14.6. The van der Waals surface area contributed by atoms with Gasteiger partial charge in [0, 0.05) is 30.3 Å². The number of nitrogens with one attached hydrogen (secondary N) is 1. The van der Waals surface area contributed by atoms with E-state index < -0.39 is 5.60 Å². The Morgan fingerprint density at radius 3 is 2.86 bits per heavy atom. The molecular weight excluding hydrogens is 458 g/mol. The second-order valence-electron chi connectivity index (χ2n) is 12.3. The third kappa shape index (κ3) is 5.00. The van der Waals surface area contributed by atoms with Crippen molar-refractivity contribution in [1.29, 1.82) is 0 Å². The molecule has 0 bridgehead atoms. The number of fused-ring (bicyclic) bond motifs is 4. The number of hydrogen-bond acceptors (Lipinski definition) is 4. The van der Waals surface area contributed by atoms with Gasteiger partial charge in [-0.05, 0) is 91.7 Å². The van der Waals surface area contributed by atoms with Crippen molar-refractivity contribution in [2.75, 3.05) is 6.61 Å². The van der Waals surface area contributed by atoms with Crippen molar-refractivity contribution in [3.63, 3.8) is 0 Å². The molecule has 0 amide bonds. The highest BCUT2D eigenvalue weighted by atomic mass is 16.5. The summed E-state index contributed by atoms with van der Waals surface area (Å²) in [7, 11) is 0. The van der Waals surface area contributed by atoms with Gasteiger partial charge in [0.15, 0.2) is 0 Å². The average molecular weight is 504 g/mol. The van der Waals surface area contributed by atoms with Crippen LogP contribution in [0, 0.1) is 17.3 Å². The number of ketones is 1. The van der Waals surface area contributed by atoms with E-state index in [1.807, 2.05) is 6.92 Å². The van der Waals surface area contributed by atoms with E-state index in [4.69, 9.17) is 4.74 Å². The lowest BCUT2D eigenvalue weighted by Gasteiger charge is -2.49. The van der Waals surface area contributed by atoms with Gasteiger partial charge in [0.25, 0.3) is 0 Å². The van der Waals surface area contributed by atoms with E-state index in [-0.39, 0.29) is 5.41 Å². The van der Waals surface area contributed by atoms with E-state index in [9.17, 15) is 9.90 Å². The lowest BCUT2D eigenvalue weighted by Crippen LogP contribution is -2.48. The summed E-state index contributed by atoms with van der Waals surface area (Å²) in [5.41, 5.74) is 4.38. The van der Waals surface area contributed by atoms with Crippen LogP contribution in [0.25, 0.3) is 0 Å². The van der Waals surface area contributed by atoms with Gasteiger partial charge in [0.1, 0.15) is 11.5 Å². The maximum absolute atomic E-state index is 12.0. The minimum Gasteiger partial charge on any atom is -0.494 e. The summed E-state index contributed by atoms with van der Waals surface area (Å²) in [4.78, 5) is 12.0. The van der Waals surface area contributed by atoms with E-state index in [1.54, 1.807) is 0 Å². The van der Waals surface area contributed by atoms with Gasteiger partial charge < -0.3 is 15.2 Å². The lowest BCUT2D eigenvalue weighted by molar-refractivity contribution is -0.118. The molecule has 2 fully saturated rings. The molecule has 0 radical (unpaired) electrons. The molecule has 5 rings (SSSR count). The van der Waals surface area contributed by atoms with E-state index in [1.165, 1.54) is 22.3 Å². The summed E-state index contributed by atoms with van der Waals surface area (Å²) in [5.74, 6) is 2.12. The predicted octanol–water partition coefficient (Wildman–Crippen LogP) is 7.01. The molecule has 5 atom stereocenters. The molecule has 1 aromatic carbocycles. The van der Waals surface area contributed by atoms with Gasteiger partial charge in [0.05, 0.1) is 12.2 Å². The fourth-order valence-corrected chi connectivity index (χ4v) is 7.74. The summed E-state index contributed by atoms with van der Waals surface area (Å²) >= 11 is 0. The van der Waals surface area contributed by atoms with Gasteiger partial charge in [-0.2, -0.15) is 0 Å². The van der Waals surface area contributed by atoms with Gasteiger partial charge in [-0.15, -0.1) is 0 Å². The fourth-order valence-electron chi connectivity index (χ4n) is 7.74. The highest BCUT2D eigenvalue weighted by molar-refractivity contribution is 5.84. The first-order chi connectivity index (χ1) is 17.7. The summed E-state index contributed by atoms with van der Waals surface area (Å²) in [6, 6.07) is 9.30. The quantitative estimate of drug-likeness (QED) is 0.381. The van der Waals surface area contributed by atoms with Crippen LogP contribution in [0.4, 0.5) is 0 Å². The maximum Gasteiger partial charge on any atom is 0.137 e. The van der Waals surface area contributed by atoms with Crippen LogP contribution in [0.2, 0.25) is 0 Å². The number of ether oxygens (including phenoxy) is 1. The number of aliphatic hydroxyl groups is 1. The van der Waals surface area contributed by atoms with E-state index >= 15 is 0 Å². The van der Waals surface area contributed by atoms with Gasteiger partial charge in [-0.1, -0.05) is 57.6 Å². The third-order valence-electron chi connectivity index (χ3n) is 9.60. The average Bonchev–Trinajstić information content (AvgIpc) is 3.14. The van der Waals surface area contributed by atoms with E-state index in [0.29, 0.717) is 49.2 Å². The van der Waals surface area contributed by atoms with Gasteiger partial charge in [-0.25, -0.2) is 0 Å². The Balaban J connectivity index is 1.34. The van der Waals surface area contributed by atoms with Crippen molar-refractivity contribution in [2.24, 2.45) is 17.3 Å². The zero-order valence-corrected chi connectivity index (χ0v) is 23.2. The van der Waals surface area contributed by atoms with E-state index in [0.717, 1.165) is 50.7 Å². The SMILES string of the molecule is CCCC(NC(C)C)c1cccc(OCC[C@]23C=CC4=C5CCC(=O)CC5=CCC4C2CC[C@]3(C)O)c1. The summed E-state index contributed by atoms with van der Waals surface area (Å²) in [6.45, 7) is 9.25. The predicted molar refractivity (Wildman–Crippen MR) is 149 cm³/mol. The second-order valence-corrected chi connectivity index (χ2v) is 12.3. The highest BCUT2D eigenvalue weighted by Gasteiger charge is 2.59. The normalized spacial score (nSPS) is 31.6. The molecule has 0 heterocycles. The Morgan fingerprint density at radius 1 is 1.24 bits per heavy atom. The van der Waals surface area contributed by atoms with Crippen LogP contribution in [-0.4, -0.2) is 29.1 Å². The van der Waals surface area contributed by atoms with Crippen molar-refractivity contribution in [1.82, 2.24) is 5.32 Å². The third-order valence-corrected chi connectivity index (χ3v) is 9.60. The molecule has 0 spiro atoms. The van der Waals surface area contributed by atoms with Crippen molar-refractivity contribution in [3.05, 3.63) is 64.8 Å². The number of carbonyl (C=O) groups excluding carboxylic acids is 1. The van der Waals surface area contributed by atoms with Crippen molar-refractivity contribution < 1.29 is 14.6 Å². The van der Waals surface area contributed by atoms with Crippen LogP contribution in [0.5, 0.6) is 5.75 Å². The number of Topliss-reactive ketones (excluding diaryl/α,β-unsaturated/α-hetero) is 1. The minimum absolute atomic E-state index is 0.279. The molecule has 4 aliphatic rings. The van der Waals surface area contributed by atoms with Gasteiger partial charge >= 0.3 is 0 Å². The van der Waals surface area contributed by atoms with Crippen LogP contribution in [0.3, 0.4) is 0 Å². The molecule has 2 saturated carbocycles. The van der Waals surface area contributed by atoms with Crippen LogP contribution in [-0.2, 0) is 4.79 Å². The number of allylic oxidation sites excluding steroid dienone is 5. The summed E-state index contributed by atoms with van der Waals surface area (Å²) in [6.07, 6.45) is 15.0. The maximum atomic E-state index is 12.0. The molecule has 4 heteroatoms. The number of benzene rings is 1. The fraction of sp³-hybridized carbons (Fsp3) is 0.606. The zero-order chi connectivity index (χ0) is 26.2. The standard InChI is InChI=1S/C33H45NO3/c1-5-7-31(34-22(2)3)24-8-6-9-26(21-24)37-19-18-33-17-14-28-27-13-11-25(35)20-23(27)10-12-29(28)30(33)15-16-32(33,4)36/h6,8-10,14,17,21-22,29-31,34,36H,5,7,11-13,15-16,18-20H2,1-4H3/t29?,30?,31?,32-,33+/m0/s1. The van der Waals surface area contributed by atoms with Crippen LogP contribution < -0.4 is 10.1 Å². The molecule has 3 unspecified atom stereocenters. The molecule has 0 saturated heterocycles. The zero-order valence-electron chi connectivity index (χ0n) is 23.2. The Bertz CT molecular complexity index is 1110. The topological polar surface area (TPSA) is 58.6 Å². The lowest BCUT2D eigenvalue weighted by atomic mass is 9.57. The first-order valence-corrected chi connectivity index (χ1v) is 14.6. The minimum atomic E-state index is -0.741. The molecule has 2 N–H and O–H groups in total. The molecular formula is C33H45NO3. The smallest absolute Gasteiger partial charge is 0.137 e. The first kappa shape index (κ1) is 26.4. The molecule has 37 heavy (non-hydrogen) atoms. The summed E-state index contributed by atoms with van der Waals surface area (Å²) in [5, 5.41) is 15.4. The molecule has 200 valence electrons. The van der Waals surface area contributed by atoms with Crippen LogP contribution >= 0.6 is 0 Å². The van der Waals surface area contributed by atoms with Crippen molar-refractivity contribution in [2.45, 2.75) is 103 Å². The van der Waals surface area contributed by atoms with Gasteiger partial charge in [0.2, 0.25) is 0 Å². The highest BCUT2D eigenvalue weighted by Crippen LogP contribution is 2.62. The molecule has 4 aliphatic carbocycles. The molecule has 1 aromatic rings. The van der Waals surface area contributed by atoms with Crippen LogP contribution in [0.1, 0.15) is 97.1 Å². The monoisotopic (exact) mass is 503 g/mol. The van der Waals surface area contributed by atoms with Crippen molar-refractivity contribution >= 4 is 5.78 Å². The number of hydrogen-bond donors (Lipinski definition) is 2. The van der Waals surface area contributed by atoms with E-state index in [2.05, 4.69) is 68.6 Å². The Morgan fingerprint density at radius 2 is 2.08 bits per heavy atom. The Kier molecular flexibility index (Phi) is 7.53. The largest absolute Gasteiger partial charge is 0.494 e. The summed E-state index contributed by atoms with van der Waals surface area (Å²) < 4.78 is 6.38. The van der Waals surface area contributed by atoms with Gasteiger partial charge in [-0.3, -0.25) is 4.79 Å². The number of carbonyl (C=O) groups is 1. The molecule has 0 aliphatic heterocycles. The Labute approximate surface area is 223 Å².